The van der Waals surface area contributed by atoms with Gasteiger partial charge in [0.25, 0.3) is 0 Å². The van der Waals surface area contributed by atoms with Gasteiger partial charge in [0, 0.05) is 23.4 Å². The molecule has 0 bridgehead atoms. The molecule has 4 rings (SSSR count). The van der Waals surface area contributed by atoms with E-state index in [1.807, 2.05) is 30.3 Å². The maximum atomic E-state index is 12.5. The van der Waals surface area contributed by atoms with E-state index in [-0.39, 0.29) is 12.2 Å². The van der Waals surface area contributed by atoms with E-state index in [0.717, 1.165) is 15.7 Å². The van der Waals surface area contributed by atoms with Crippen LogP contribution in [0.2, 0.25) is 0 Å². The summed E-state index contributed by atoms with van der Waals surface area (Å²) >= 11 is 1.52. The van der Waals surface area contributed by atoms with E-state index in [9.17, 15) is 14.7 Å². The topological polar surface area (TPSA) is 89.6 Å². The fraction of sp³-hybridized carbons (Fsp3) is 0.160. The Morgan fingerprint density at radius 2 is 1.94 bits per heavy atom. The van der Waals surface area contributed by atoms with Gasteiger partial charge in [-0.1, -0.05) is 36.4 Å². The predicted molar refractivity (Wildman–Crippen MR) is 123 cm³/mol. The van der Waals surface area contributed by atoms with E-state index in [2.05, 4.69) is 17.1 Å². The number of carbonyl (C=O) groups is 1. The Balaban J connectivity index is 1.64. The Morgan fingerprint density at radius 1 is 1.12 bits per heavy atom. The van der Waals surface area contributed by atoms with Gasteiger partial charge in [0.05, 0.1) is 25.2 Å². The van der Waals surface area contributed by atoms with Crippen molar-refractivity contribution in [1.82, 2.24) is 4.98 Å². The number of rotatable bonds is 7. The first-order valence-electron chi connectivity index (χ1n) is 9.99. The van der Waals surface area contributed by atoms with Gasteiger partial charge < -0.3 is 14.3 Å². The fourth-order valence-electron chi connectivity index (χ4n) is 3.47. The molecular weight excluding hydrogens is 426 g/mol. The zero-order chi connectivity index (χ0) is 22.5. The summed E-state index contributed by atoms with van der Waals surface area (Å²) in [5.41, 5.74) is 0.0785. The number of fused-ring (bicyclic) bond motifs is 1. The highest BCUT2D eigenvalue weighted by atomic mass is 32.2. The number of benzene rings is 2. The van der Waals surface area contributed by atoms with Crippen molar-refractivity contribution >= 4 is 28.5 Å². The van der Waals surface area contributed by atoms with E-state index in [1.165, 1.54) is 24.9 Å². The molecule has 0 spiro atoms. The number of carbonyl (C=O) groups excluding carboxylic acids is 1. The molecule has 2 aromatic heterocycles. The maximum Gasteiger partial charge on any atom is 0.306 e. The fourth-order valence-corrected chi connectivity index (χ4v) is 4.29. The second-order valence-corrected chi connectivity index (χ2v) is 8.26. The van der Waals surface area contributed by atoms with Crippen LogP contribution in [0.25, 0.3) is 10.8 Å². The van der Waals surface area contributed by atoms with Gasteiger partial charge in [0.1, 0.15) is 5.76 Å². The third kappa shape index (κ3) is 4.84. The Hall–Kier alpha value is -3.58. The number of hydrogen-bond acceptors (Lipinski definition) is 7. The molecule has 6 nitrogen and oxygen atoms in total. The lowest BCUT2D eigenvalue weighted by molar-refractivity contribution is -0.140. The van der Waals surface area contributed by atoms with Crippen molar-refractivity contribution < 1.29 is 19.1 Å². The Labute approximate surface area is 188 Å². The third-order valence-electron chi connectivity index (χ3n) is 5.10. The lowest BCUT2D eigenvalue weighted by atomic mass is 9.93. The predicted octanol–water partition coefficient (Wildman–Crippen LogP) is 4.88. The Bertz CT molecular complexity index is 1300. The maximum absolute atomic E-state index is 12.5. The average molecular weight is 448 g/mol. The zero-order valence-corrected chi connectivity index (χ0v) is 18.2. The van der Waals surface area contributed by atoms with Gasteiger partial charge in [-0.15, -0.1) is 11.8 Å². The molecule has 0 fully saturated rings. The smallest absolute Gasteiger partial charge is 0.306 e. The molecule has 0 amide bonds. The SMILES string of the molecule is COC(=O)CC(c1cccnc1)c1oc(CSc2ccc3ccccc3c2)cc(=O)c1O. The van der Waals surface area contributed by atoms with Crippen molar-refractivity contribution in [2.45, 2.75) is 23.0 Å². The second kappa shape index (κ2) is 9.70. The van der Waals surface area contributed by atoms with E-state index >= 15 is 0 Å². The highest BCUT2D eigenvalue weighted by molar-refractivity contribution is 7.98. The van der Waals surface area contributed by atoms with Gasteiger partial charge >= 0.3 is 5.97 Å². The molecule has 0 saturated heterocycles. The van der Waals surface area contributed by atoms with Crippen LogP contribution in [-0.2, 0) is 15.3 Å². The van der Waals surface area contributed by atoms with Crippen molar-refractivity contribution in [1.29, 1.82) is 0 Å². The minimum Gasteiger partial charge on any atom is -0.502 e. The van der Waals surface area contributed by atoms with Gasteiger partial charge in [-0.05, 0) is 34.5 Å². The van der Waals surface area contributed by atoms with E-state index in [0.29, 0.717) is 17.1 Å². The van der Waals surface area contributed by atoms with Crippen LogP contribution in [0.1, 0.15) is 29.4 Å². The standard InChI is InChI=1S/C25H21NO5S/c1-30-23(28)13-21(18-7-4-10-26-14-18)25-24(29)22(27)12-19(31-25)15-32-20-9-8-16-5-2-3-6-17(16)11-20/h2-12,14,21,29H,13,15H2,1H3. The first-order valence-corrected chi connectivity index (χ1v) is 11.0. The molecule has 7 heteroatoms. The van der Waals surface area contributed by atoms with Crippen LogP contribution < -0.4 is 5.43 Å². The average Bonchev–Trinajstić information content (AvgIpc) is 2.83. The largest absolute Gasteiger partial charge is 0.502 e. The molecule has 1 atom stereocenters. The minimum absolute atomic E-state index is 0.0324. The summed E-state index contributed by atoms with van der Waals surface area (Å²) in [6.45, 7) is 0. The van der Waals surface area contributed by atoms with Gasteiger partial charge in [-0.3, -0.25) is 14.6 Å². The van der Waals surface area contributed by atoms with Gasteiger partial charge in [0.2, 0.25) is 11.2 Å². The monoisotopic (exact) mass is 447 g/mol. The molecule has 2 aromatic carbocycles. The third-order valence-corrected chi connectivity index (χ3v) is 6.12. The number of pyridine rings is 1. The summed E-state index contributed by atoms with van der Waals surface area (Å²) in [7, 11) is 1.29. The summed E-state index contributed by atoms with van der Waals surface area (Å²) in [4.78, 5) is 29.6. The second-order valence-electron chi connectivity index (χ2n) is 7.21. The van der Waals surface area contributed by atoms with Crippen LogP contribution in [-0.4, -0.2) is 23.2 Å². The Morgan fingerprint density at radius 3 is 2.69 bits per heavy atom. The highest BCUT2D eigenvalue weighted by Gasteiger charge is 2.26. The van der Waals surface area contributed by atoms with Crippen LogP contribution in [0.4, 0.5) is 0 Å². The minimum atomic E-state index is -0.700. The first kappa shape index (κ1) is 21.6. The van der Waals surface area contributed by atoms with Crippen molar-refractivity contribution in [2.24, 2.45) is 0 Å². The molecular formula is C25H21NO5S. The quantitative estimate of drug-likeness (QED) is 0.319. The molecule has 2 heterocycles. The summed E-state index contributed by atoms with van der Waals surface area (Å²) in [5.74, 6) is -0.878. The lowest BCUT2D eigenvalue weighted by Crippen LogP contribution is -2.14. The molecule has 4 aromatic rings. The first-order chi connectivity index (χ1) is 15.5. The number of ether oxygens (including phenoxy) is 1. The van der Waals surface area contributed by atoms with Crippen molar-refractivity contribution in [3.63, 3.8) is 0 Å². The summed E-state index contributed by atoms with van der Waals surface area (Å²) in [5, 5.41) is 12.7. The normalized spacial score (nSPS) is 11.9. The number of methoxy groups -OCH3 is 1. The zero-order valence-electron chi connectivity index (χ0n) is 17.4. The van der Waals surface area contributed by atoms with Gasteiger partial charge in [-0.25, -0.2) is 0 Å². The van der Waals surface area contributed by atoms with Crippen LogP contribution in [0, 0.1) is 0 Å². The number of aromatic hydroxyl groups is 1. The van der Waals surface area contributed by atoms with Crippen LogP contribution >= 0.6 is 11.8 Å². The summed E-state index contributed by atoms with van der Waals surface area (Å²) in [6, 6.07) is 19.0. The number of thioether (sulfide) groups is 1. The lowest BCUT2D eigenvalue weighted by Gasteiger charge is -2.17. The van der Waals surface area contributed by atoms with Crippen molar-refractivity contribution in [2.75, 3.05) is 7.11 Å². The van der Waals surface area contributed by atoms with Crippen LogP contribution in [0.5, 0.6) is 5.75 Å². The van der Waals surface area contributed by atoms with Crippen molar-refractivity contribution in [3.05, 3.63) is 100 Å². The molecule has 0 aliphatic heterocycles. The number of nitrogens with zero attached hydrogens (tertiary/aromatic N) is 1. The molecule has 0 radical (unpaired) electrons. The number of aromatic nitrogens is 1. The summed E-state index contributed by atoms with van der Waals surface area (Å²) < 4.78 is 10.8. The van der Waals surface area contributed by atoms with Crippen molar-refractivity contribution in [3.8, 4) is 5.75 Å². The number of hydrogen-bond donors (Lipinski definition) is 1. The molecule has 0 saturated carbocycles. The molecule has 32 heavy (non-hydrogen) atoms. The molecule has 1 N–H and O–H groups in total. The van der Waals surface area contributed by atoms with E-state index < -0.39 is 23.1 Å². The molecule has 1 unspecified atom stereocenters. The highest BCUT2D eigenvalue weighted by Crippen LogP contribution is 2.34. The molecule has 0 aliphatic carbocycles. The van der Waals surface area contributed by atoms with Gasteiger partial charge in [-0.2, -0.15) is 0 Å². The van der Waals surface area contributed by atoms with Crippen LogP contribution in [0.3, 0.4) is 0 Å². The van der Waals surface area contributed by atoms with E-state index in [1.54, 1.807) is 24.5 Å². The van der Waals surface area contributed by atoms with Crippen LogP contribution in [0.15, 0.2) is 87.2 Å². The molecule has 162 valence electrons. The van der Waals surface area contributed by atoms with Gasteiger partial charge in [0.15, 0.2) is 5.76 Å². The Kier molecular flexibility index (Phi) is 6.56. The van der Waals surface area contributed by atoms with E-state index in [4.69, 9.17) is 9.15 Å². The number of esters is 1. The molecule has 0 aliphatic rings. The summed E-state index contributed by atoms with van der Waals surface area (Å²) in [6.07, 6.45) is 3.08.